The number of amides is 1. The van der Waals surface area contributed by atoms with E-state index < -0.39 is 0 Å². The standard InChI is InChI=1S/C16H29N3O2/c1-10-8-19(6-5-18(10)9-11(2)20)16(21)14-12-3-4-13(7-12)15(14)17/h10-15,20H,3-9,17H2,1-2H3. The first-order valence-corrected chi connectivity index (χ1v) is 8.44. The zero-order valence-electron chi connectivity index (χ0n) is 13.2. The van der Waals surface area contributed by atoms with Crippen LogP contribution in [-0.4, -0.2) is 65.2 Å². The number of rotatable bonds is 3. The average Bonchev–Trinajstić information content (AvgIpc) is 3.00. The van der Waals surface area contributed by atoms with Crippen molar-refractivity contribution >= 4 is 5.91 Å². The maximum Gasteiger partial charge on any atom is 0.227 e. The van der Waals surface area contributed by atoms with Gasteiger partial charge in [-0.25, -0.2) is 0 Å². The number of aliphatic hydroxyl groups is 1. The molecule has 6 unspecified atom stereocenters. The molecule has 0 spiro atoms. The van der Waals surface area contributed by atoms with Crippen LogP contribution in [0.1, 0.15) is 33.1 Å². The largest absolute Gasteiger partial charge is 0.392 e. The Balaban J connectivity index is 1.60. The van der Waals surface area contributed by atoms with Gasteiger partial charge in [0.2, 0.25) is 5.91 Å². The molecule has 3 aliphatic rings. The van der Waals surface area contributed by atoms with E-state index in [1.165, 1.54) is 12.8 Å². The van der Waals surface area contributed by atoms with Crippen molar-refractivity contribution in [2.45, 2.75) is 51.3 Å². The molecule has 2 aliphatic carbocycles. The number of hydrogen-bond donors (Lipinski definition) is 2. The highest BCUT2D eigenvalue weighted by Gasteiger charge is 2.50. The Morgan fingerprint density at radius 1 is 1.33 bits per heavy atom. The summed E-state index contributed by atoms with van der Waals surface area (Å²) in [5, 5.41) is 9.54. The number of aliphatic hydroxyl groups excluding tert-OH is 1. The number of nitrogens with two attached hydrogens (primary N) is 1. The molecule has 5 heteroatoms. The van der Waals surface area contributed by atoms with Gasteiger partial charge in [-0.1, -0.05) is 0 Å². The van der Waals surface area contributed by atoms with Gasteiger partial charge in [-0.2, -0.15) is 0 Å². The molecule has 21 heavy (non-hydrogen) atoms. The van der Waals surface area contributed by atoms with Crippen LogP contribution in [0, 0.1) is 17.8 Å². The summed E-state index contributed by atoms with van der Waals surface area (Å²) in [4.78, 5) is 17.1. The number of nitrogens with zero attached hydrogens (tertiary/aromatic N) is 2. The first-order valence-electron chi connectivity index (χ1n) is 8.44. The number of fused-ring (bicyclic) bond motifs is 2. The van der Waals surface area contributed by atoms with Gasteiger partial charge in [-0.15, -0.1) is 0 Å². The Kier molecular flexibility index (Phi) is 4.26. The smallest absolute Gasteiger partial charge is 0.227 e. The maximum absolute atomic E-state index is 12.9. The van der Waals surface area contributed by atoms with E-state index in [4.69, 9.17) is 5.73 Å². The molecule has 3 rings (SSSR count). The number of hydrogen-bond acceptors (Lipinski definition) is 4. The van der Waals surface area contributed by atoms with Crippen LogP contribution in [0.15, 0.2) is 0 Å². The Hall–Kier alpha value is -0.650. The quantitative estimate of drug-likeness (QED) is 0.784. The van der Waals surface area contributed by atoms with Crippen molar-refractivity contribution in [2.24, 2.45) is 23.5 Å². The lowest BCUT2D eigenvalue weighted by molar-refractivity contribution is -0.140. The number of β-amino-alcohol motifs (C(OH)–C–C–N with tert-alkyl or cyclic N) is 1. The minimum Gasteiger partial charge on any atom is -0.392 e. The maximum atomic E-state index is 12.9. The Morgan fingerprint density at radius 2 is 2.05 bits per heavy atom. The highest BCUT2D eigenvalue weighted by molar-refractivity contribution is 5.80. The van der Waals surface area contributed by atoms with E-state index >= 15 is 0 Å². The van der Waals surface area contributed by atoms with E-state index in [1.54, 1.807) is 0 Å². The van der Waals surface area contributed by atoms with Crippen molar-refractivity contribution in [3.05, 3.63) is 0 Å². The van der Waals surface area contributed by atoms with Crippen LogP contribution in [0.25, 0.3) is 0 Å². The first-order chi connectivity index (χ1) is 9.97. The minimum atomic E-state index is -0.311. The lowest BCUT2D eigenvalue weighted by Crippen LogP contribution is -2.57. The van der Waals surface area contributed by atoms with Crippen molar-refractivity contribution < 1.29 is 9.90 Å². The fourth-order valence-electron chi connectivity index (χ4n) is 4.72. The molecule has 1 heterocycles. The predicted octanol–water partition coefficient (Wildman–Crippen LogP) is 0.273. The fraction of sp³-hybridized carbons (Fsp3) is 0.938. The Bertz CT molecular complexity index is 399. The molecule has 0 aromatic heterocycles. The van der Waals surface area contributed by atoms with Crippen molar-refractivity contribution in [3.63, 3.8) is 0 Å². The minimum absolute atomic E-state index is 0.0688. The second-order valence-corrected chi connectivity index (χ2v) is 7.41. The van der Waals surface area contributed by atoms with Gasteiger partial charge in [0.05, 0.1) is 12.0 Å². The van der Waals surface area contributed by atoms with E-state index in [9.17, 15) is 9.90 Å². The third-order valence-electron chi connectivity index (χ3n) is 5.84. The monoisotopic (exact) mass is 295 g/mol. The van der Waals surface area contributed by atoms with Gasteiger partial charge in [0, 0.05) is 38.3 Å². The molecule has 0 aromatic rings. The number of carbonyl (C=O) groups is 1. The van der Waals surface area contributed by atoms with Crippen LogP contribution in [0.5, 0.6) is 0 Å². The van der Waals surface area contributed by atoms with Crippen LogP contribution >= 0.6 is 0 Å². The number of piperazine rings is 1. The summed E-state index contributed by atoms with van der Waals surface area (Å²) in [7, 11) is 0. The SMILES string of the molecule is CC(O)CN1CCN(C(=O)C2C3CCC(C3)C2N)CC1C. The molecule has 1 saturated heterocycles. The van der Waals surface area contributed by atoms with E-state index in [1.807, 2.05) is 11.8 Å². The van der Waals surface area contributed by atoms with E-state index in [0.717, 1.165) is 26.1 Å². The van der Waals surface area contributed by atoms with Gasteiger partial charge in [-0.05, 0) is 44.9 Å². The Labute approximate surface area is 127 Å². The van der Waals surface area contributed by atoms with Gasteiger partial charge in [0.25, 0.3) is 0 Å². The summed E-state index contributed by atoms with van der Waals surface area (Å²) < 4.78 is 0. The van der Waals surface area contributed by atoms with Crippen molar-refractivity contribution in [1.29, 1.82) is 0 Å². The van der Waals surface area contributed by atoms with Gasteiger partial charge in [0.1, 0.15) is 0 Å². The van der Waals surface area contributed by atoms with Crippen LogP contribution in [-0.2, 0) is 4.79 Å². The summed E-state index contributed by atoms with van der Waals surface area (Å²) in [5.74, 6) is 1.47. The fourth-order valence-corrected chi connectivity index (χ4v) is 4.72. The second-order valence-electron chi connectivity index (χ2n) is 7.41. The molecule has 2 bridgehead atoms. The first kappa shape index (κ1) is 15.3. The molecule has 120 valence electrons. The predicted molar refractivity (Wildman–Crippen MR) is 81.6 cm³/mol. The molecule has 2 saturated carbocycles. The molecule has 0 aromatic carbocycles. The molecule has 0 radical (unpaired) electrons. The zero-order chi connectivity index (χ0) is 15.1. The topological polar surface area (TPSA) is 69.8 Å². The summed E-state index contributed by atoms with van der Waals surface area (Å²) in [5.41, 5.74) is 6.31. The lowest BCUT2D eigenvalue weighted by atomic mass is 9.83. The van der Waals surface area contributed by atoms with E-state index in [-0.39, 0.29) is 18.1 Å². The molecular weight excluding hydrogens is 266 g/mol. The average molecular weight is 295 g/mol. The van der Waals surface area contributed by atoms with Gasteiger partial charge < -0.3 is 15.7 Å². The van der Waals surface area contributed by atoms with Crippen molar-refractivity contribution in [1.82, 2.24) is 9.80 Å². The molecule has 5 nitrogen and oxygen atoms in total. The highest BCUT2D eigenvalue weighted by atomic mass is 16.3. The van der Waals surface area contributed by atoms with E-state index in [2.05, 4.69) is 11.8 Å². The summed E-state index contributed by atoms with van der Waals surface area (Å²) in [6.07, 6.45) is 3.25. The molecule has 1 aliphatic heterocycles. The number of carbonyl (C=O) groups excluding carboxylic acids is 1. The lowest BCUT2D eigenvalue weighted by Gasteiger charge is -2.42. The zero-order valence-corrected chi connectivity index (χ0v) is 13.2. The Morgan fingerprint density at radius 3 is 2.62 bits per heavy atom. The van der Waals surface area contributed by atoms with E-state index in [0.29, 0.717) is 30.3 Å². The van der Waals surface area contributed by atoms with Crippen LogP contribution in [0.4, 0.5) is 0 Å². The van der Waals surface area contributed by atoms with Crippen LogP contribution in [0.3, 0.4) is 0 Å². The third kappa shape index (κ3) is 2.83. The van der Waals surface area contributed by atoms with Gasteiger partial charge in [0.15, 0.2) is 0 Å². The summed E-state index contributed by atoms with van der Waals surface area (Å²) in [6, 6.07) is 0.397. The molecule has 1 amide bonds. The second kappa shape index (κ2) is 5.86. The third-order valence-corrected chi connectivity index (χ3v) is 5.84. The van der Waals surface area contributed by atoms with Crippen molar-refractivity contribution in [3.8, 4) is 0 Å². The molecular formula is C16H29N3O2. The molecule has 3 N–H and O–H groups in total. The van der Waals surface area contributed by atoms with Crippen LogP contribution in [0.2, 0.25) is 0 Å². The molecule has 6 atom stereocenters. The van der Waals surface area contributed by atoms with Crippen LogP contribution < -0.4 is 5.73 Å². The van der Waals surface area contributed by atoms with Gasteiger partial charge in [-0.3, -0.25) is 9.69 Å². The van der Waals surface area contributed by atoms with Crippen molar-refractivity contribution in [2.75, 3.05) is 26.2 Å². The highest BCUT2D eigenvalue weighted by Crippen LogP contribution is 2.48. The molecule has 3 fully saturated rings. The summed E-state index contributed by atoms with van der Waals surface area (Å²) >= 11 is 0. The van der Waals surface area contributed by atoms with Gasteiger partial charge >= 0.3 is 0 Å². The normalized spacial score (nSPS) is 41.5. The summed E-state index contributed by atoms with van der Waals surface area (Å²) in [6.45, 7) is 7.05.